The maximum absolute atomic E-state index is 12.6. The molecule has 2 aromatic carbocycles. The number of aryl methyl sites for hydroxylation is 1. The van der Waals surface area contributed by atoms with Crippen molar-refractivity contribution < 1.29 is 14.1 Å². The highest BCUT2D eigenvalue weighted by Gasteiger charge is 2.23. The van der Waals surface area contributed by atoms with Crippen LogP contribution in [0.25, 0.3) is 11.3 Å². The van der Waals surface area contributed by atoms with Gasteiger partial charge in [0.25, 0.3) is 0 Å². The van der Waals surface area contributed by atoms with Crippen LogP contribution in [0.4, 0.5) is 0 Å². The van der Waals surface area contributed by atoms with Crippen LogP contribution in [-0.4, -0.2) is 5.97 Å². The fraction of sp³-hybridized carbons (Fsp3) is 0.100. The van der Waals surface area contributed by atoms with Crippen LogP contribution in [0.15, 0.2) is 72.9 Å². The molecule has 3 nitrogen and oxygen atoms in total. The number of esters is 1. The van der Waals surface area contributed by atoms with Crippen LogP contribution in [0.5, 0.6) is 0 Å². The largest absolute Gasteiger partial charge is 0.457 e. The molecule has 3 rings (SSSR count). The van der Waals surface area contributed by atoms with Crippen LogP contribution in [-0.2, 0) is 18.4 Å². The van der Waals surface area contributed by atoms with Crippen molar-refractivity contribution in [2.24, 2.45) is 7.05 Å². The second-order valence-corrected chi connectivity index (χ2v) is 6.59. The first-order valence-corrected chi connectivity index (χ1v) is 8.69. The number of rotatable bonds is 4. The minimum absolute atomic E-state index is 0.267. The van der Waals surface area contributed by atoms with Crippen LogP contribution in [0.3, 0.4) is 0 Å². The number of aromatic nitrogens is 1. The average Bonchev–Trinajstić information content (AvgIpc) is 2.61. The molecule has 3 aromatic rings. The second-order valence-electron chi connectivity index (χ2n) is 5.42. The van der Waals surface area contributed by atoms with Gasteiger partial charge in [-0.1, -0.05) is 42.5 Å². The molecular weight excluding hydrogens is 413 g/mol. The quantitative estimate of drug-likeness (QED) is 0.354. The zero-order valence-electron chi connectivity index (χ0n) is 13.3. The molecule has 0 spiro atoms. The van der Waals surface area contributed by atoms with Crippen molar-refractivity contribution in [3.63, 3.8) is 0 Å². The topological polar surface area (TPSA) is 30.2 Å². The van der Waals surface area contributed by atoms with Crippen LogP contribution in [0, 0.1) is 3.57 Å². The summed E-state index contributed by atoms with van der Waals surface area (Å²) in [5.41, 5.74) is 3.43. The highest BCUT2D eigenvalue weighted by molar-refractivity contribution is 14.1. The molecule has 1 heterocycles. The van der Waals surface area contributed by atoms with Crippen LogP contribution in [0.1, 0.15) is 15.9 Å². The molecule has 4 heteroatoms. The lowest BCUT2D eigenvalue weighted by Crippen LogP contribution is -2.33. The number of nitrogens with zero attached hydrogens (tertiary/aromatic N) is 1. The van der Waals surface area contributed by atoms with Crippen LogP contribution >= 0.6 is 22.6 Å². The molecule has 0 saturated carbocycles. The number of ether oxygens (including phenoxy) is 1. The summed E-state index contributed by atoms with van der Waals surface area (Å²) in [7, 11) is 1.94. The van der Waals surface area contributed by atoms with Gasteiger partial charge in [-0.15, -0.1) is 0 Å². The predicted octanol–water partition coefficient (Wildman–Crippen LogP) is 4.14. The van der Waals surface area contributed by atoms with Gasteiger partial charge in [0.05, 0.1) is 5.56 Å². The summed E-state index contributed by atoms with van der Waals surface area (Å²) in [4.78, 5) is 12.6. The molecular formula is C20H17INO2+. The lowest BCUT2D eigenvalue weighted by molar-refractivity contribution is -0.660. The van der Waals surface area contributed by atoms with Crippen molar-refractivity contribution in [2.75, 3.05) is 0 Å². The third kappa shape index (κ3) is 3.64. The maximum Gasteiger partial charge on any atom is 0.345 e. The van der Waals surface area contributed by atoms with E-state index in [4.69, 9.17) is 4.74 Å². The van der Waals surface area contributed by atoms with Crippen LogP contribution < -0.4 is 4.57 Å². The Kier molecular flexibility index (Phi) is 5.25. The Morgan fingerprint density at radius 2 is 1.71 bits per heavy atom. The first-order chi connectivity index (χ1) is 11.7. The van der Waals surface area contributed by atoms with E-state index in [9.17, 15) is 4.79 Å². The zero-order valence-corrected chi connectivity index (χ0v) is 15.4. The Hall–Kier alpha value is -2.21. The molecule has 0 aliphatic heterocycles. The monoisotopic (exact) mass is 430 g/mol. The van der Waals surface area contributed by atoms with E-state index in [1.165, 1.54) is 0 Å². The maximum atomic E-state index is 12.6. The molecule has 120 valence electrons. The van der Waals surface area contributed by atoms with Gasteiger partial charge in [0.1, 0.15) is 19.2 Å². The number of hydrogen-bond donors (Lipinski definition) is 0. The summed E-state index contributed by atoms with van der Waals surface area (Å²) >= 11 is 2.29. The molecule has 0 aliphatic rings. The summed E-state index contributed by atoms with van der Waals surface area (Å²) in [6, 6.07) is 21.4. The van der Waals surface area contributed by atoms with E-state index in [2.05, 4.69) is 22.6 Å². The molecule has 0 aliphatic carbocycles. The second kappa shape index (κ2) is 7.57. The van der Waals surface area contributed by atoms with Gasteiger partial charge in [-0.05, 0) is 46.4 Å². The molecule has 1 aromatic heterocycles. The molecule has 0 bridgehead atoms. The predicted molar refractivity (Wildman–Crippen MR) is 101 cm³/mol. The SMILES string of the molecule is C[n+]1cccc(C(=O)OCc2ccccc2)c1-c1ccccc1I. The van der Waals surface area contributed by atoms with Gasteiger partial charge in [0, 0.05) is 9.64 Å². The number of pyridine rings is 1. The Morgan fingerprint density at radius 1 is 1.00 bits per heavy atom. The lowest BCUT2D eigenvalue weighted by Gasteiger charge is -2.09. The van der Waals surface area contributed by atoms with Crippen molar-refractivity contribution in [1.29, 1.82) is 0 Å². The zero-order chi connectivity index (χ0) is 16.9. The standard InChI is InChI=1S/C20H17INO2/c1-22-13-7-11-17(19(22)16-10-5-6-12-18(16)21)20(23)24-14-15-8-3-2-4-9-15/h2-13H,14H2,1H3/q+1. The lowest BCUT2D eigenvalue weighted by atomic mass is 10.1. The number of halogens is 1. The van der Waals surface area contributed by atoms with Crippen molar-refractivity contribution in [3.05, 3.63) is 87.6 Å². The summed E-state index contributed by atoms with van der Waals surface area (Å²) in [5, 5.41) is 0. The number of carbonyl (C=O) groups excluding carboxylic acids is 1. The van der Waals surface area contributed by atoms with Gasteiger partial charge in [-0.25, -0.2) is 9.36 Å². The fourth-order valence-corrected chi connectivity index (χ4v) is 3.21. The third-order valence-electron chi connectivity index (χ3n) is 3.74. The van der Waals surface area contributed by atoms with Crippen molar-refractivity contribution in [2.45, 2.75) is 6.61 Å². The molecule has 0 saturated heterocycles. The normalized spacial score (nSPS) is 10.4. The Balaban J connectivity index is 1.92. The number of carbonyl (C=O) groups is 1. The summed E-state index contributed by atoms with van der Waals surface area (Å²) < 4.78 is 8.56. The Morgan fingerprint density at radius 3 is 2.46 bits per heavy atom. The first kappa shape index (κ1) is 16.6. The van der Waals surface area contributed by atoms with E-state index < -0.39 is 0 Å². The van der Waals surface area contributed by atoms with E-state index in [0.717, 1.165) is 20.4 Å². The molecule has 0 amide bonds. The van der Waals surface area contributed by atoms with Crippen LogP contribution in [0.2, 0.25) is 0 Å². The van der Waals surface area contributed by atoms with E-state index in [0.29, 0.717) is 5.56 Å². The minimum Gasteiger partial charge on any atom is -0.457 e. The molecule has 0 N–H and O–H groups in total. The van der Waals surface area contributed by atoms with E-state index in [1.807, 2.05) is 84.5 Å². The highest BCUT2D eigenvalue weighted by Crippen LogP contribution is 2.25. The molecule has 0 unspecified atom stereocenters. The summed E-state index contributed by atoms with van der Waals surface area (Å²) in [5.74, 6) is -0.315. The number of benzene rings is 2. The Labute approximate surface area is 155 Å². The molecule has 24 heavy (non-hydrogen) atoms. The van der Waals surface area contributed by atoms with Gasteiger partial charge in [-0.2, -0.15) is 0 Å². The molecule has 0 atom stereocenters. The third-order valence-corrected chi connectivity index (χ3v) is 4.68. The molecule has 0 fully saturated rings. The summed E-state index contributed by atoms with van der Waals surface area (Å²) in [6.45, 7) is 0.267. The highest BCUT2D eigenvalue weighted by atomic mass is 127. The Bertz CT molecular complexity index is 863. The van der Waals surface area contributed by atoms with Crippen molar-refractivity contribution in [3.8, 4) is 11.3 Å². The van der Waals surface area contributed by atoms with E-state index in [1.54, 1.807) is 0 Å². The first-order valence-electron chi connectivity index (χ1n) is 7.61. The minimum atomic E-state index is -0.315. The van der Waals surface area contributed by atoms with Gasteiger partial charge < -0.3 is 4.74 Å². The number of hydrogen-bond acceptors (Lipinski definition) is 2. The molecule has 0 radical (unpaired) electrons. The smallest absolute Gasteiger partial charge is 0.345 e. The average molecular weight is 430 g/mol. The van der Waals surface area contributed by atoms with Crippen molar-refractivity contribution in [1.82, 2.24) is 0 Å². The van der Waals surface area contributed by atoms with E-state index in [-0.39, 0.29) is 12.6 Å². The van der Waals surface area contributed by atoms with Gasteiger partial charge in [0.2, 0.25) is 5.69 Å². The fourth-order valence-electron chi connectivity index (χ4n) is 2.57. The van der Waals surface area contributed by atoms with E-state index >= 15 is 0 Å². The van der Waals surface area contributed by atoms with Gasteiger partial charge in [-0.3, -0.25) is 0 Å². The van der Waals surface area contributed by atoms with Gasteiger partial charge >= 0.3 is 5.97 Å². The summed E-state index contributed by atoms with van der Waals surface area (Å²) in [6.07, 6.45) is 1.94. The van der Waals surface area contributed by atoms with Crippen molar-refractivity contribution >= 4 is 28.6 Å². The van der Waals surface area contributed by atoms with Gasteiger partial charge in [0.15, 0.2) is 6.20 Å².